The van der Waals surface area contributed by atoms with Crippen molar-refractivity contribution in [3.05, 3.63) is 28.2 Å². The van der Waals surface area contributed by atoms with Crippen molar-refractivity contribution in [2.75, 3.05) is 25.0 Å². The third-order valence-electron chi connectivity index (χ3n) is 3.20. The minimum absolute atomic E-state index is 0.0103. The Morgan fingerprint density at radius 2 is 2.24 bits per heavy atom. The highest BCUT2D eigenvalue weighted by atomic mass is 79.9. The van der Waals surface area contributed by atoms with E-state index in [2.05, 4.69) is 21.2 Å². The molecule has 1 saturated heterocycles. The zero-order valence-electron chi connectivity index (χ0n) is 11.6. The summed E-state index contributed by atoms with van der Waals surface area (Å²) >= 11 is 3.27. The molecule has 1 heterocycles. The third-order valence-corrected chi connectivity index (χ3v) is 3.85. The number of nitrogens with one attached hydrogen (secondary N) is 1. The van der Waals surface area contributed by atoms with Crippen LogP contribution in [-0.4, -0.2) is 47.8 Å². The minimum atomic E-state index is -1.01. The molecule has 0 saturated carbocycles. The van der Waals surface area contributed by atoms with Crippen LogP contribution in [0.5, 0.6) is 0 Å². The summed E-state index contributed by atoms with van der Waals surface area (Å²) in [5.74, 6) is -1.01. The van der Waals surface area contributed by atoms with Crippen molar-refractivity contribution in [1.82, 2.24) is 4.90 Å². The quantitative estimate of drug-likeness (QED) is 0.853. The second-order valence-corrected chi connectivity index (χ2v) is 5.77. The molecule has 0 bridgehead atoms. The summed E-state index contributed by atoms with van der Waals surface area (Å²) in [6.45, 7) is 3.77. The van der Waals surface area contributed by atoms with E-state index in [4.69, 9.17) is 9.84 Å². The molecule has 1 aliphatic heterocycles. The molecule has 7 heteroatoms. The van der Waals surface area contributed by atoms with E-state index >= 15 is 0 Å². The van der Waals surface area contributed by atoms with E-state index in [-0.39, 0.29) is 17.7 Å². The number of aromatic carboxylic acids is 1. The molecule has 114 valence electrons. The first-order valence-electron chi connectivity index (χ1n) is 6.67. The largest absolute Gasteiger partial charge is 0.478 e. The van der Waals surface area contributed by atoms with Gasteiger partial charge in [-0.2, -0.15) is 0 Å². The Morgan fingerprint density at radius 1 is 1.48 bits per heavy atom. The predicted octanol–water partition coefficient (Wildman–Crippen LogP) is 2.79. The van der Waals surface area contributed by atoms with Gasteiger partial charge in [-0.15, -0.1) is 0 Å². The van der Waals surface area contributed by atoms with Gasteiger partial charge in [-0.05, 0) is 47.5 Å². The van der Waals surface area contributed by atoms with Gasteiger partial charge in [0.2, 0.25) is 0 Å². The Kier molecular flexibility index (Phi) is 5.19. The summed E-state index contributed by atoms with van der Waals surface area (Å²) in [6.07, 6.45) is 0.813. The van der Waals surface area contributed by atoms with E-state index in [9.17, 15) is 9.59 Å². The number of carboxylic acid groups (broad SMARTS) is 1. The fourth-order valence-electron chi connectivity index (χ4n) is 2.12. The molecule has 2 rings (SSSR count). The van der Waals surface area contributed by atoms with Crippen molar-refractivity contribution in [1.29, 1.82) is 0 Å². The van der Waals surface area contributed by atoms with Gasteiger partial charge in [-0.25, -0.2) is 9.59 Å². The van der Waals surface area contributed by atoms with E-state index in [1.54, 1.807) is 11.0 Å². The average Bonchev–Trinajstić information content (AvgIpc) is 2.65. The number of halogens is 1. The van der Waals surface area contributed by atoms with Crippen LogP contribution in [0.1, 0.15) is 23.7 Å². The number of hydrogen-bond acceptors (Lipinski definition) is 3. The van der Waals surface area contributed by atoms with E-state index in [0.717, 1.165) is 6.42 Å². The number of carbonyl (C=O) groups is 2. The molecule has 1 aliphatic rings. The smallest absolute Gasteiger partial charge is 0.335 e. The van der Waals surface area contributed by atoms with Crippen molar-refractivity contribution >= 4 is 33.6 Å². The molecule has 1 aromatic carbocycles. The zero-order valence-corrected chi connectivity index (χ0v) is 13.2. The van der Waals surface area contributed by atoms with Crippen LogP contribution >= 0.6 is 15.9 Å². The number of carboxylic acids is 1. The monoisotopic (exact) mass is 356 g/mol. The molecule has 6 nitrogen and oxygen atoms in total. The Balaban J connectivity index is 2.06. The third kappa shape index (κ3) is 4.18. The number of hydrogen-bond donors (Lipinski definition) is 2. The van der Waals surface area contributed by atoms with Gasteiger partial charge in [0.15, 0.2) is 0 Å². The topological polar surface area (TPSA) is 78.9 Å². The van der Waals surface area contributed by atoms with E-state index in [1.165, 1.54) is 12.1 Å². The van der Waals surface area contributed by atoms with Crippen LogP contribution in [0.25, 0.3) is 0 Å². The molecule has 21 heavy (non-hydrogen) atoms. The Morgan fingerprint density at radius 3 is 2.90 bits per heavy atom. The van der Waals surface area contributed by atoms with Gasteiger partial charge in [0.1, 0.15) is 0 Å². The lowest BCUT2D eigenvalue weighted by Gasteiger charge is -2.22. The van der Waals surface area contributed by atoms with Crippen LogP contribution < -0.4 is 5.32 Å². The van der Waals surface area contributed by atoms with E-state index in [0.29, 0.717) is 29.9 Å². The summed E-state index contributed by atoms with van der Waals surface area (Å²) < 4.78 is 6.04. The number of carbonyl (C=O) groups excluding carboxylic acids is 1. The van der Waals surface area contributed by atoms with Crippen LogP contribution in [0.3, 0.4) is 0 Å². The molecular weight excluding hydrogens is 340 g/mol. The van der Waals surface area contributed by atoms with Gasteiger partial charge < -0.3 is 20.1 Å². The van der Waals surface area contributed by atoms with Crippen molar-refractivity contribution < 1.29 is 19.4 Å². The van der Waals surface area contributed by atoms with Gasteiger partial charge in [0.25, 0.3) is 0 Å². The number of ether oxygens (including phenoxy) is 1. The molecule has 0 aliphatic carbocycles. The lowest BCUT2D eigenvalue weighted by Crippen LogP contribution is -2.39. The van der Waals surface area contributed by atoms with Crippen LogP contribution in [0.4, 0.5) is 10.5 Å². The van der Waals surface area contributed by atoms with E-state index < -0.39 is 5.97 Å². The first kappa shape index (κ1) is 15.8. The molecular formula is C14H17BrN2O4. The Hall–Kier alpha value is -1.60. The number of nitrogens with zero attached hydrogens (tertiary/aromatic N) is 1. The maximum atomic E-state index is 12.3. The van der Waals surface area contributed by atoms with Crippen LogP contribution in [0.2, 0.25) is 0 Å². The van der Waals surface area contributed by atoms with Crippen LogP contribution in [-0.2, 0) is 4.74 Å². The molecule has 0 aromatic heterocycles. The first-order chi connectivity index (χ1) is 9.97. The lowest BCUT2D eigenvalue weighted by molar-refractivity contribution is 0.0696. The van der Waals surface area contributed by atoms with Gasteiger partial charge in [-0.3, -0.25) is 0 Å². The van der Waals surface area contributed by atoms with Crippen molar-refractivity contribution in [3.8, 4) is 0 Å². The second kappa shape index (κ2) is 6.91. The summed E-state index contributed by atoms with van der Waals surface area (Å²) in [7, 11) is 0. The van der Waals surface area contributed by atoms with Gasteiger partial charge in [0.05, 0.1) is 17.4 Å². The normalized spacial score (nSPS) is 19.0. The van der Waals surface area contributed by atoms with Crippen LogP contribution in [0.15, 0.2) is 22.7 Å². The predicted molar refractivity (Wildman–Crippen MR) is 81.7 cm³/mol. The Labute approximate surface area is 131 Å². The summed E-state index contributed by atoms with van der Waals surface area (Å²) in [5, 5.41) is 11.7. The van der Waals surface area contributed by atoms with E-state index in [1.807, 2.05) is 6.92 Å². The minimum Gasteiger partial charge on any atom is -0.478 e. The summed E-state index contributed by atoms with van der Waals surface area (Å²) in [6, 6.07) is 4.28. The molecule has 0 spiro atoms. The highest BCUT2D eigenvalue weighted by Crippen LogP contribution is 2.24. The molecule has 2 N–H and O–H groups in total. The fourth-order valence-corrected chi connectivity index (χ4v) is 2.60. The lowest BCUT2D eigenvalue weighted by atomic mass is 10.2. The molecule has 2 amide bonds. The maximum Gasteiger partial charge on any atom is 0.335 e. The number of anilines is 1. The number of rotatable bonds is 2. The van der Waals surface area contributed by atoms with Crippen LogP contribution in [0, 0.1) is 0 Å². The highest BCUT2D eigenvalue weighted by Gasteiger charge is 2.20. The van der Waals surface area contributed by atoms with Gasteiger partial charge in [-0.1, -0.05) is 0 Å². The maximum absolute atomic E-state index is 12.3. The van der Waals surface area contributed by atoms with Crippen molar-refractivity contribution in [2.24, 2.45) is 0 Å². The zero-order chi connectivity index (χ0) is 15.4. The standard InChI is InChI=1S/C14H17BrN2O4/c1-9-8-17(5-2-6-21-9)14(20)16-12-4-3-10(13(18)19)7-11(12)15/h3-4,7,9H,2,5-6,8H2,1H3,(H,16,20)(H,18,19). The number of benzene rings is 1. The first-order valence-corrected chi connectivity index (χ1v) is 7.47. The van der Waals surface area contributed by atoms with Crippen molar-refractivity contribution in [3.63, 3.8) is 0 Å². The van der Waals surface area contributed by atoms with Crippen molar-refractivity contribution in [2.45, 2.75) is 19.4 Å². The number of urea groups is 1. The number of amides is 2. The molecule has 1 aromatic rings. The summed E-state index contributed by atoms with van der Waals surface area (Å²) in [4.78, 5) is 24.8. The van der Waals surface area contributed by atoms with Gasteiger partial charge in [0, 0.05) is 24.2 Å². The highest BCUT2D eigenvalue weighted by molar-refractivity contribution is 9.10. The Bertz CT molecular complexity index is 550. The molecule has 1 unspecified atom stereocenters. The average molecular weight is 357 g/mol. The second-order valence-electron chi connectivity index (χ2n) is 4.91. The summed E-state index contributed by atoms with van der Waals surface area (Å²) in [5.41, 5.74) is 0.708. The molecule has 1 fully saturated rings. The fraction of sp³-hybridized carbons (Fsp3) is 0.429. The van der Waals surface area contributed by atoms with Gasteiger partial charge >= 0.3 is 12.0 Å². The molecule has 0 radical (unpaired) electrons. The SMILES string of the molecule is CC1CN(C(=O)Nc2ccc(C(=O)O)cc2Br)CCCO1. The molecule has 1 atom stereocenters.